The minimum Gasteiger partial charge on any atom is -0.394 e. The predicted octanol–water partition coefficient (Wildman–Crippen LogP) is 1.42. The lowest BCUT2D eigenvalue weighted by molar-refractivity contribution is -0.147. The summed E-state index contributed by atoms with van der Waals surface area (Å²) in [6.07, 6.45) is 0.257. The number of imide groups is 1. The Kier molecular flexibility index (Phi) is 3.97. The van der Waals surface area contributed by atoms with Crippen LogP contribution in [-0.4, -0.2) is 34.5 Å². The number of amides is 2. The van der Waals surface area contributed by atoms with Gasteiger partial charge in [-0.25, -0.2) is 0 Å². The second kappa shape index (κ2) is 4.77. The largest absolute Gasteiger partial charge is 0.394 e. The first-order chi connectivity index (χ1) is 7.75. The molecule has 0 bridgehead atoms. The highest BCUT2D eigenvalue weighted by atomic mass is 16.3. The number of hydrogen-bond donors (Lipinski definition) is 1. The Labute approximate surface area is 103 Å². The van der Waals surface area contributed by atoms with Crippen molar-refractivity contribution in [3.63, 3.8) is 0 Å². The summed E-state index contributed by atoms with van der Waals surface area (Å²) in [5.41, 5.74) is -0.612. The van der Waals surface area contributed by atoms with Gasteiger partial charge in [0.25, 0.3) is 0 Å². The average molecular weight is 241 g/mol. The summed E-state index contributed by atoms with van der Waals surface area (Å²) in [6, 6.07) is -0.393. The van der Waals surface area contributed by atoms with Crippen molar-refractivity contribution in [2.24, 2.45) is 17.3 Å². The zero-order valence-electron chi connectivity index (χ0n) is 11.4. The Morgan fingerprint density at radius 1 is 1.29 bits per heavy atom. The molecule has 1 heterocycles. The summed E-state index contributed by atoms with van der Waals surface area (Å²) in [7, 11) is 0. The maximum Gasteiger partial charge on any atom is 0.236 e. The van der Waals surface area contributed by atoms with E-state index in [9.17, 15) is 14.7 Å². The summed E-state index contributed by atoms with van der Waals surface area (Å²) in [4.78, 5) is 25.7. The lowest BCUT2D eigenvalue weighted by Gasteiger charge is -2.31. The van der Waals surface area contributed by atoms with Crippen LogP contribution in [0.1, 0.15) is 41.0 Å². The van der Waals surface area contributed by atoms with Crippen LogP contribution in [0.4, 0.5) is 0 Å². The van der Waals surface area contributed by atoms with Gasteiger partial charge < -0.3 is 5.11 Å². The van der Waals surface area contributed by atoms with Crippen molar-refractivity contribution in [1.82, 2.24) is 4.90 Å². The minimum absolute atomic E-state index is 0.0717. The molecule has 1 saturated heterocycles. The normalized spacial score (nSPS) is 27.4. The molecule has 17 heavy (non-hydrogen) atoms. The molecule has 0 radical (unpaired) electrons. The Balaban J connectivity index is 3.04. The van der Waals surface area contributed by atoms with Crippen molar-refractivity contribution < 1.29 is 14.7 Å². The molecule has 0 aliphatic carbocycles. The number of rotatable bonds is 4. The number of aliphatic hydroxyl groups is 1. The number of carbonyl (C=O) groups is 2. The van der Waals surface area contributed by atoms with Gasteiger partial charge in [0.05, 0.1) is 18.1 Å². The maximum atomic E-state index is 12.4. The van der Waals surface area contributed by atoms with E-state index in [2.05, 4.69) is 0 Å². The standard InChI is InChI=1S/C13H23NO3/c1-8(2)10(7-15)14-11(16)6-13(5,9(3)4)12(14)17/h8-10,15H,6-7H2,1-5H3. The lowest BCUT2D eigenvalue weighted by Crippen LogP contribution is -2.47. The summed E-state index contributed by atoms with van der Waals surface area (Å²) in [5.74, 6) is -0.0953. The van der Waals surface area contributed by atoms with Gasteiger partial charge in [0.2, 0.25) is 11.8 Å². The average Bonchev–Trinajstić information content (AvgIpc) is 2.43. The molecule has 0 aromatic carbocycles. The van der Waals surface area contributed by atoms with Gasteiger partial charge in [0.1, 0.15) is 0 Å². The van der Waals surface area contributed by atoms with E-state index >= 15 is 0 Å². The summed E-state index contributed by atoms with van der Waals surface area (Å²) < 4.78 is 0. The van der Waals surface area contributed by atoms with Crippen molar-refractivity contribution >= 4 is 11.8 Å². The van der Waals surface area contributed by atoms with Crippen LogP contribution < -0.4 is 0 Å². The molecule has 0 aromatic heterocycles. The van der Waals surface area contributed by atoms with Crippen LogP contribution in [0.3, 0.4) is 0 Å². The Morgan fingerprint density at radius 3 is 2.12 bits per heavy atom. The van der Waals surface area contributed by atoms with E-state index in [0.717, 1.165) is 0 Å². The molecule has 2 atom stereocenters. The third-order valence-electron chi connectivity index (χ3n) is 4.06. The van der Waals surface area contributed by atoms with E-state index in [1.54, 1.807) is 0 Å². The van der Waals surface area contributed by atoms with Crippen LogP contribution in [0.2, 0.25) is 0 Å². The topological polar surface area (TPSA) is 57.6 Å². The maximum absolute atomic E-state index is 12.4. The van der Waals surface area contributed by atoms with E-state index in [0.29, 0.717) is 0 Å². The van der Waals surface area contributed by atoms with Crippen molar-refractivity contribution in [1.29, 1.82) is 0 Å². The first kappa shape index (κ1) is 14.2. The fourth-order valence-electron chi connectivity index (χ4n) is 2.24. The van der Waals surface area contributed by atoms with Gasteiger partial charge in [-0.2, -0.15) is 0 Å². The van der Waals surface area contributed by atoms with E-state index in [1.807, 2.05) is 34.6 Å². The van der Waals surface area contributed by atoms with Crippen LogP contribution in [0.5, 0.6) is 0 Å². The van der Waals surface area contributed by atoms with Gasteiger partial charge in [-0.15, -0.1) is 0 Å². The molecular weight excluding hydrogens is 218 g/mol. The van der Waals surface area contributed by atoms with Gasteiger partial charge in [0, 0.05) is 6.42 Å². The molecule has 2 amide bonds. The van der Waals surface area contributed by atoms with Gasteiger partial charge in [-0.3, -0.25) is 14.5 Å². The van der Waals surface area contributed by atoms with Gasteiger partial charge >= 0.3 is 0 Å². The van der Waals surface area contributed by atoms with Crippen LogP contribution in [-0.2, 0) is 9.59 Å². The Hall–Kier alpha value is -0.900. The van der Waals surface area contributed by atoms with Gasteiger partial charge in [-0.1, -0.05) is 27.7 Å². The van der Waals surface area contributed by atoms with Gasteiger partial charge in [0.15, 0.2) is 0 Å². The first-order valence-electron chi connectivity index (χ1n) is 6.23. The van der Waals surface area contributed by atoms with Crippen molar-refractivity contribution in [3.8, 4) is 0 Å². The highest BCUT2D eigenvalue weighted by Crippen LogP contribution is 2.40. The second-order valence-corrected chi connectivity index (χ2v) is 5.81. The van der Waals surface area contributed by atoms with E-state index in [4.69, 9.17) is 0 Å². The van der Waals surface area contributed by atoms with Crippen LogP contribution in [0.25, 0.3) is 0 Å². The Bertz CT molecular complexity index is 325. The molecule has 4 nitrogen and oxygen atoms in total. The molecule has 1 N–H and O–H groups in total. The predicted molar refractivity (Wildman–Crippen MR) is 65.1 cm³/mol. The molecule has 0 aromatic rings. The van der Waals surface area contributed by atoms with Crippen molar-refractivity contribution in [2.45, 2.75) is 47.1 Å². The van der Waals surface area contributed by atoms with Crippen LogP contribution in [0.15, 0.2) is 0 Å². The highest BCUT2D eigenvalue weighted by molar-refractivity contribution is 6.06. The van der Waals surface area contributed by atoms with Crippen molar-refractivity contribution in [3.05, 3.63) is 0 Å². The molecule has 1 fully saturated rings. The number of hydrogen-bond acceptors (Lipinski definition) is 3. The molecule has 1 aliphatic heterocycles. The third kappa shape index (κ3) is 2.23. The summed E-state index contributed by atoms with van der Waals surface area (Å²) >= 11 is 0. The molecule has 0 saturated carbocycles. The summed E-state index contributed by atoms with van der Waals surface area (Å²) in [6.45, 7) is 9.41. The monoisotopic (exact) mass is 241 g/mol. The van der Waals surface area contributed by atoms with Crippen LogP contribution >= 0.6 is 0 Å². The van der Waals surface area contributed by atoms with E-state index in [-0.39, 0.29) is 36.7 Å². The quantitative estimate of drug-likeness (QED) is 0.757. The first-order valence-corrected chi connectivity index (χ1v) is 6.23. The fourth-order valence-corrected chi connectivity index (χ4v) is 2.24. The number of aliphatic hydroxyl groups excluding tert-OH is 1. The number of likely N-dealkylation sites (tertiary alicyclic amines) is 1. The van der Waals surface area contributed by atoms with E-state index < -0.39 is 11.5 Å². The zero-order valence-corrected chi connectivity index (χ0v) is 11.4. The molecule has 2 unspecified atom stereocenters. The molecule has 1 rings (SSSR count). The lowest BCUT2D eigenvalue weighted by atomic mass is 9.77. The highest BCUT2D eigenvalue weighted by Gasteiger charge is 2.52. The zero-order chi connectivity index (χ0) is 13.4. The Morgan fingerprint density at radius 2 is 1.82 bits per heavy atom. The second-order valence-electron chi connectivity index (χ2n) is 5.81. The molecule has 98 valence electrons. The molecular formula is C13H23NO3. The third-order valence-corrected chi connectivity index (χ3v) is 4.06. The molecule has 4 heteroatoms. The number of carbonyl (C=O) groups excluding carboxylic acids is 2. The van der Waals surface area contributed by atoms with Crippen molar-refractivity contribution in [2.75, 3.05) is 6.61 Å². The smallest absolute Gasteiger partial charge is 0.236 e. The SMILES string of the molecule is CC(C)C(CO)N1C(=O)CC(C)(C(C)C)C1=O. The molecule has 0 spiro atoms. The number of nitrogens with zero attached hydrogens (tertiary/aromatic N) is 1. The minimum atomic E-state index is -0.612. The molecule has 1 aliphatic rings. The summed E-state index contributed by atoms with van der Waals surface area (Å²) in [5, 5.41) is 9.36. The van der Waals surface area contributed by atoms with E-state index in [1.165, 1.54) is 4.90 Å². The fraction of sp³-hybridized carbons (Fsp3) is 0.846. The van der Waals surface area contributed by atoms with Gasteiger partial charge in [-0.05, 0) is 18.8 Å². The van der Waals surface area contributed by atoms with Crippen LogP contribution in [0, 0.1) is 17.3 Å².